The first-order valence-corrected chi connectivity index (χ1v) is 12.0. The standard InChI is InChI=1S/C25H22BrNO3S/c1-17-4-11-23(12-5-17)31(28,29)27-16-20(19-6-8-21(26)9-7-19)15-25(27)24-13-10-22(30-3)14-18(24)2/h4-16H,1-3H3. The van der Waals surface area contributed by atoms with Gasteiger partial charge in [-0.05, 0) is 73.5 Å². The lowest BCUT2D eigenvalue weighted by Crippen LogP contribution is -2.13. The lowest BCUT2D eigenvalue weighted by Gasteiger charge is -2.13. The van der Waals surface area contributed by atoms with E-state index in [9.17, 15) is 8.42 Å². The van der Waals surface area contributed by atoms with Crippen molar-refractivity contribution in [2.75, 3.05) is 7.11 Å². The smallest absolute Gasteiger partial charge is 0.268 e. The van der Waals surface area contributed by atoms with Crippen LogP contribution < -0.4 is 4.74 Å². The number of aryl methyl sites for hydroxylation is 2. The summed E-state index contributed by atoms with van der Waals surface area (Å²) < 4.78 is 34.9. The fraction of sp³-hybridized carbons (Fsp3) is 0.120. The first-order valence-electron chi connectivity index (χ1n) is 9.75. The van der Waals surface area contributed by atoms with Crippen molar-refractivity contribution >= 4 is 26.0 Å². The van der Waals surface area contributed by atoms with Gasteiger partial charge in [0, 0.05) is 21.8 Å². The number of nitrogens with zero attached hydrogens (tertiary/aromatic N) is 1. The quantitative estimate of drug-likeness (QED) is 0.319. The van der Waals surface area contributed by atoms with Crippen molar-refractivity contribution in [1.82, 2.24) is 3.97 Å². The third-order valence-electron chi connectivity index (χ3n) is 5.25. The number of methoxy groups -OCH3 is 1. The van der Waals surface area contributed by atoms with E-state index in [4.69, 9.17) is 4.74 Å². The predicted octanol–water partition coefficient (Wildman–Crippen LogP) is 6.45. The second kappa shape index (κ2) is 8.36. The van der Waals surface area contributed by atoms with Crippen LogP contribution in [0.4, 0.5) is 0 Å². The topological polar surface area (TPSA) is 48.3 Å². The Morgan fingerprint density at radius 1 is 0.839 bits per heavy atom. The zero-order valence-corrected chi connectivity index (χ0v) is 19.9. The van der Waals surface area contributed by atoms with Gasteiger partial charge in [0.25, 0.3) is 10.0 Å². The Balaban J connectivity index is 1.94. The average molecular weight is 496 g/mol. The van der Waals surface area contributed by atoms with Crippen molar-refractivity contribution in [3.05, 3.63) is 94.6 Å². The van der Waals surface area contributed by atoms with Gasteiger partial charge in [-0.1, -0.05) is 45.8 Å². The van der Waals surface area contributed by atoms with Gasteiger partial charge in [-0.25, -0.2) is 12.4 Å². The Hall–Kier alpha value is -2.83. The maximum Gasteiger partial charge on any atom is 0.268 e. The van der Waals surface area contributed by atoms with Crippen LogP contribution in [-0.4, -0.2) is 19.5 Å². The molecule has 0 aliphatic carbocycles. The van der Waals surface area contributed by atoms with Crippen molar-refractivity contribution < 1.29 is 13.2 Å². The highest BCUT2D eigenvalue weighted by Gasteiger charge is 2.23. The molecule has 0 bridgehead atoms. The fourth-order valence-electron chi connectivity index (χ4n) is 3.51. The van der Waals surface area contributed by atoms with E-state index < -0.39 is 10.0 Å². The molecule has 4 rings (SSSR count). The maximum absolute atomic E-state index is 13.6. The lowest BCUT2D eigenvalue weighted by atomic mass is 10.0. The third kappa shape index (κ3) is 4.18. The van der Waals surface area contributed by atoms with Gasteiger partial charge in [-0.15, -0.1) is 0 Å². The van der Waals surface area contributed by atoms with Crippen LogP contribution in [0, 0.1) is 13.8 Å². The minimum Gasteiger partial charge on any atom is -0.497 e. The summed E-state index contributed by atoms with van der Waals surface area (Å²) in [4.78, 5) is 0.253. The molecular weight excluding hydrogens is 474 g/mol. The van der Waals surface area contributed by atoms with E-state index in [1.165, 1.54) is 3.97 Å². The van der Waals surface area contributed by atoms with Gasteiger partial charge in [0.2, 0.25) is 0 Å². The van der Waals surface area contributed by atoms with Crippen LogP contribution in [0.5, 0.6) is 5.75 Å². The van der Waals surface area contributed by atoms with E-state index in [1.54, 1.807) is 25.4 Å². The molecule has 0 spiro atoms. The van der Waals surface area contributed by atoms with Crippen LogP contribution >= 0.6 is 15.9 Å². The Bertz CT molecular complexity index is 1340. The molecule has 0 saturated heterocycles. The molecule has 4 nitrogen and oxygen atoms in total. The normalized spacial score (nSPS) is 11.5. The van der Waals surface area contributed by atoms with Crippen LogP contribution in [0.3, 0.4) is 0 Å². The van der Waals surface area contributed by atoms with E-state index in [1.807, 2.05) is 74.5 Å². The number of benzene rings is 3. The van der Waals surface area contributed by atoms with Gasteiger partial charge >= 0.3 is 0 Å². The van der Waals surface area contributed by atoms with Gasteiger partial charge in [0.15, 0.2) is 0 Å². The molecule has 3 aromatic carbocycles. The molecule has 1 aromatic heterocycles. The Kier molecular flexibility index (Phi) is 5.77. The second-order valence-corrected chi connectivity index (χ2v) is 10.1. The third-order valence-corrected chi connectivity index (χ3v) is 7.47. The van der Waals surface area contributed by atoms with Crippen LogP contribution in [0.1, 0.15) is 11.1 Å². The van der Waals surface area contributed by atoms with Gasteiger partial charge in [-0.2, -0.15) is 0 Å². The summed E-state index contributed by atoms with van der Waals surface area (Å²) in [6.45, 7) is 3.89. The summed E-state index contributed by atoms with van der Waals surface area (Å²) >= 11 is 3.45. The maximum atomic E-state index is 13.6. The molecule has 1 heterocycles. The molecule has 4 aromatic rings. The molecule has 158 valence electrons. The number of ether oxygens (including phenoxy) is 1. The van der Waals surface area contributed by atoms with Crippen molar-refractivity contribution in [3.8, 4) is 28.1 Å². The Labute approximate surface area is 191 Å². The average Bonchev–Trinajstić information content (AvgIpc) is 3.20. The number of rotatable bonds is 5. The number of hydrogen-bond acceptors (Lipinski definition) is 3. The molecule has 0 aliphatic rings. The van der Waals surface area contributed by atoms with E-state index in [-0.39, 0.29) is 4.90 Å². The van der Waals surface area contributed by atoms with E-state index in [0.29, 0.717) is 5.69 Å². The molecule has 0 N–H and O–H groups in total. The molecule has 0 amide bonds. The minimum absolute atomic E-state index is 0.253. The van der Waals surface area contributed by atoms with E-state index in [2.05, 4.69) is 15.9 Å². The van der Waals surface area contributed by atoms with Gasteiger partial charge in [0.05, 0.1) is 17.7 Å². The van der Waals surface area contributed by atoms with Gasteiger partial charge in [-0.3, -0.25) is 0 Å². The molecule has 0 fully saturated rings. The molecule has 0 atom stereocenters. The Morgan fingerprint density at radius 2 is 1.52 bits per heavy atom. The van der Waals surface area contributed by atoms with Crippen LogP contribution in [-0.2, 0) is 10.0 Å². The zero-order valence-electron chi connectivity index (χ0n) is 17.5. The van der Waals surface area contributed by atoms with Crippen molar-refractivity contribution in [2.45, 2.75) is 18.7 Å². The monoisotopic (exact) mass is 495 g/mol. The zero-order chi connectivity index (χ0) is 22.2. The van der Waals surface area contributed by atoms with Crippen molar-refractivity contribution in [1.29, 1.82) is 0 Å². The fourth-order valence-corrected chi connectivity index (χ4v) is 5.15. The summed E-state index contributed by atoms with van der Waals surface area (Å²) in [5.74, 6) is 0.730. The van der Waals surface area contributed by atoms with Gasteiger partial charge < -0.3 is 4.74 Å². The largest absolute Gasteiger partial charge is 0.497 e. The van der Waals surface area contributed by atoms with E-state index >= 15 is 0 Å². The van der Waals surface area contributed by atoms with Crippen molar-refractivity contribution in [3.63, 3.8) is 0 Å². The minimum atomic E-state index is -3.79. The van der Waals surface area contributed by atoms with Gasteiger partial charge in [0.1, 0.15) is 5.75 Å². The lowest BCUT2D eigenvalue weighted by molar-refractivity contribution is 0.414. The highest BCUT2D eigenvalue weighted by Crippen LogP contribution is 2.35. The van der Waals surface area contributed by atoms with E-state index in [0.717, 1.165) is 38.0 Å². The highest BCUT2D eigenvalue weighted by molar-refractivity contribution is 9.10. The first kappa shape index (κ1) is 21.4. The van der Waals surface area contributed by atoms with Crippen LogP contribution in [0.2, 0.25) is 0 Å². The number of halogens is 1. The van der Waals surface area contributed by atoms with Crippen LogP contribution in [0.25, 0.3) is 22.4 Å². The first-order chi connectivity index (χ1) is 14.8. The summed E-state index contributed by atoms with van der Waals surface area (Å²) in [7, 11) is -2.17. The molecule has 0 aliphatic heterocycles. The summed E-state index contributed by atoms with van der Waals surface area (Å²) in [6.07, 6.45) is 1.69. The molecule has 0 saturated carbocycles. The molecule has 31 heavy (non-hydrogen) atoms. The number of hydrogen-bond donors (Lipinski definition) is 0. The molecule has 0 unspecified atom stereocenters. The molecule has 0 radical (unpaired) electrons. The molecule has 6 heteroatoms. The second-order valence-electron chi connectivity index (χ2n) is 7.42. The highest BCUT2D eigenvalue weighted by atomic mass is 79.9. The predicted molar refractivity (Wildman–Crippen MR) is 128 cm³/mol. The number of aromatic nitrogens is 1. The summed E-state index contributed by atoms with van der Waals surface area (Å²) in [5, 5.41) is 0. The summed E-state index contributed by atoms with van der Waals surface area (Å²) in [6, 6.07) is 22.3. The summed E-state index contributed by atoms with van der Waals surface area (Å²) in [5.41, 5.74) is 5.15. The van der Waals surface area contributed by atoms with Crippen LogP contribution in [0.15, 0.2) is 88.4 Å². The Morgan fingerprint density at radius 3 is 2.13 bits per heavy atom. The molecular formula is C25H22BrNO3S. The SMILES string of the molecule is COc1ccc(-c2cc(-c3ccc(Br)cc3)cn2S(=O)(=O)c2ccc(C)cc2)c(C)c1. The van der Waals surface area contributed by atoms with Crippen molar-refractivity contribution in [2.24, 2.45) is 0 Å².